The van der Waals surface area contributed by atoms with E-state index in [1.54, 1.807) is 0 Å². The molecule has 1 atom stereocenters. The summed E-state index contributed by atoms with van der Waals surface area (Å²) in [5.41, 5.74) is 0.942. The van der Waals surface area contributed by atoms with Gasteiger partial charge in [-0.1, -0.05) is 18.5 Å². The third-order valence-electron chi connectivity index (χ3n) is 2.10. The number of halogens is 1. The molecule has 1 N–H and O–H groups in total. The van der Waals surface area contributed by atoms with Gasteiger partial charge in [-0.25, -0.2) is 0 Å². The van der Waals surface area contributed by atoms with Gasteiger partial charge >= 0.3 is 0 Å². The molecule has 2 nitrogen and oxygen atoms in total. The average Bonchev–Trinajstić information content (AvgIpc) is 2.31. The van der Waals surface area contributed by atoms with E-state index in [1.807, 2.05) is 36.0 Å². The van der Waals surface area contributed by atoms with Crippen molar-refractivity contribution in [2.24, 2.45) is 0 Å². The number of nitrogens with zero attached hydrogens (tertiary/aromatic N) is 1. The summed E-state index contributed by atoms with van der Waals surface area (Å²) in [7, 11) is 0. The number of thioether (sulfide) groups is 1. The van der Waals surface area contributed by atoms with E-state index in [4.69, 9.17) is 16.9 Å². The van der Waals surface area contributed by atoms with Gasteiger partial charge in [-0.2, -0.15) is 17.0 Å². The van der Waals surface area contributed by atoms with Gasteiger partial charge in [0.05, 0.1) is 6.07 Å². The molecular formula is C12H15ClN2S. The van der Waals surface area contributed by atoms with E-state index in [2.05, 4.69) is 18.3 Å². The first-order valence-corrected chi connectivity index (χ1v) is 6.79. The number of nitriles is 1. The molecular weight excluding hydrogens is 240 g/mol. The Morgan fingerprint density at radius 2 is 2.12 bits per heavy atom. The Morgan fingerprint density at radius 3 is 2.69 bits per heavy atom. The molecule has 0 aliphatic carbocycles. The zero-order chi connectivity index (χ0) is 11.8. The van der Waals surface area contributed by atoms with E-state index in [1.165, 1.54) is 0 Å². The van der Waals surface area contributed by atoms with Gasteiger partial charge in [0.1, 0.15) is 6.04 Å². The van der Waals surface area contributed by atoms with Gasteiger partial charge in [0.15, 0.2) is 0 Å². The van der Waals surface area contributed by atoms with Crippen LogP contribution in [0.5, 0.6) is 0 Å². The zero-order valence-corrected chi connectivity index (χ0v) is 10.8. The Morgan fingerprint density at radius 1 is 1.44 bits per heavy atom. The number of benzene rings is 1. The van der Waals surface area contributed by atoms with Crippen molar-refractivity contribution < 1.29 is 0 Å². The SMILES string of the molecule is CCSCCC(C#N)Nc1ccc(Cl)cc1. The summed E-state index contributed by atoms with van der Waals surface area (Å²) in [6, 6.07) is 9.56. The monoisotopic (exact) mass is 254 g/mol. The fourth-order valence-corrected chi connectivity index (χ4v) is 2.08. The molecule has 0 fully saturated rings. The molecule has 0 saturated heterocycles. The second-order valence-corrected chi connectivity index (χ2v) is 5.15. The first-order chi connectivity index (χ1) is 7.76. The molecule has 1 aromatic rings. The number of hydrogen-bond donors (Lipinski definition) is 1. The van der Waals surface area contributed by atoms with Gasteiger partial charge in [0.25, 0.3) is 0 Å². The van der Waals surface area contributed by atoms with Crippen molar-refractivity contribution in [1.82, 2.24) is 0 Å². The summed E-state index contributed by atoms with van der Waals surface area (Å²) in [4.78, 5) is 0. The minimum Gasteiger partial charge on any atom is -0.370 e. The molecule has 16 heavy (non-hydrogen) atoms. The smallest absolute Gasteiger partial charge is 0.115 e. The lowest BCUT2D eigenvalue weighted by molar-refractivity contribution is 0.854. The Kier molecular flexibility index (Phi) is 6.14. The van der Waals surface area contributed by atoms with Crippen LogP contribution >= 0.6 is 23.4 Å². The molecule has 1 aromatic carbocycles. The minimum absolute atomic E-state index is 0.125. The van der Waals surface area contributed by atoms with Crippen LogP contribution in [-0.4, -0.2) is 17.5 Å². The average molecular weight is 255 g/mol. The van der Waals surface area contributed by atoms with E-state index in [9.17, 15) is 0 Å². The third-order valence-corrected chi connectivity index (χ3v) is 3.28. The van der Waals surface area contributed by atoms with Gasteiger partial charge in [-0.05, 0) is 42.2 Å². The minimum atomic E-state index is -0.125. The molecule has 86 valence electrons. The number of anilines is 1. The van der Waals surface area contributed by atoms with Crippen molar-refractivity contribution in [3.05, 3.63) is 29.3 Å². The first-order valence-electron chi connectivity index (χ1n) is 5.25. The van der Waals surface area contributed by atoms with Crippen LogP contribution in [-0.2, 0) is 0 Å². The fourth-order valence-electron chi connectivity index (χ4n) is 1.26. The van der Waals surface area contributed by atoms with E-state index >= 15 is 0 Å². The van der Waals surface area contributed by atoms with Gasteiger partial charge in [0.2, 0.25) is 0 Å². The van der Waals surface area contributed by atoms with Crippen LogP contribution in [0.2, 0.25) is 5.02 Å². The van der Waals surface area contributed by atoms with Crippen LogP contribution in [0.25, 0.3) is 0 Å². The van der Waals surface area contributed by atoms with Gasteiger partial charge in [0, 0.05) is 10.7 Å². The normalized spacial score (nSPS) is 11.8. The summed E-state index contributed by atoms with van der Waals surface area (Å²) < 4.78 is 0. The summed E-state index contributed by atoms with van der Waals surface area (Å²) in [5, 5.41) is 12.9. The van der Waals surface area contributed by atoms with Crippen molar-refractivity contribution in [1.29, 1.82) is 5.26 Å². The molecule has 0 saturated carbocycles. The first kappa shape index (κ1) is 13.2. The molecule has 1 rings (SSSR count). The lowest BCUT2D eigenvalue weighted by atomic mass is 10.2. The molecule has 0 bridgehead atoms. The predicted molar refractivity (Wildman–Crippen MR) is 72.1 cm³/mol. The van der Waals surface area contributed by atoms with E-state index in [0.717, 1.165) is 23.6 Å². The van der Waals surface area contributed by atoms with E-state index < -0.39 is 0 Å². The molecule has 0 aliphatic heterocycles. The highest BCUT2D eigenvalue weighted by molar-refractivity contribution is 7.99. The molecule has 1 unspecified atom stereocenters. The quantitative estimate of drug-likeness (QED) is 0.785. The van der Waals surface area contributed by atoms with Crippen LogP contribution in [0.4, 0.5) is 5.69 Å². The van der Waals surface area contributed by atoms with Gasteiger partial charge in [-0.3, -0.25) is 0 Å². The zero-order valence-electron chi connectivity index (χ0n) is 9.24. The van der Waals surface area contributed by atoms with Crippen LogP contribution in [0, 0.1) is 11.3 Å². The van der Waals surface area contributed by atoms with Crippen molar-refractivity contribution >= 4 is 29.1 Å². The Hall–Kier alpha value is -0.850. The van der Waals surface area contributed by atoms with Crippen molar-refractivity contribution in [2.45, 2.75) is 19.4 Å². The fraction of sp³-hybridized carbons (Fsp3) is 0.417. The molecule has 0 aromatic heterocycles. The number of hydrogen-bond acceptors (Lipinski definition) is 3. The number of rotatable bonds is 6. The summed E-state index contributed by atoms with van der Waals surface area (Å²) in [6.07, 6.45) is 0.859. The Bertz CT molecular complexity index is 345. The van der Waals surface area contributed by atoms with Gasteiger partial charge < -0.3 is 5.32 Å². The molecule has 4 heteroatoms. The standard InChI is InChI=1S/C12H15ClN2S/c1-2-16-8-7-12(9-14)15-11-5-3-10(13)4-6-11/h3-6,12,15H,2,7-8H2,1H3. The van der Waals surface area contributed by atoms with Crippen molar-refractivity contribution in [3.8, 4) is 6.07 Å². The summed E-state index contributed by atoms with van der Waals surface area (Å²) in [5.74, 6) is 2.11. The van der Waals surface area contributed by atoms with E-state index in [-0.39, 0.29) is 6.04 Å². The molecule has 0 spiro atoms. The molecule has 0 aliphatic rings. The second kappa shape index (κ2) is 7.43. The largest absolute Gasteiger partial charge is 0.370 e. The lowest BCUT2D eigenvalue weighted by Crippen LogP contribution is -2.17. The van der Waals surface area contributed by atoms with Crippen LogP contribution in [0.15, 0.2) is 24.3 Å². The van der Waals surface area contributed by atoms with E-state index in [0.29, 0.717) is 5.02 Å². The highest BCUT2D eigenvalue weighted by Gasteiger charge is 2.06. The maximum Gasteiger partial charge on any atom is 0.115 e. The maximum absolute atomic E-state index is 8.99. The van der Waals surface area contributed by atoms with Crippen LogP contribution < -0.4 is 5.32 Å². The van der Waals surface area contributed by atoms with Crippen LogP contribution in [0.3, 0.4) is 0 Å². The maximum atomic E-state index is 8.99. The highest BCUT2D eigenvalue weighted by atomic mass is 35.5. The summed E-state index contributed by atoms with van der Waals surface area (Å²) in [6.45, 7) is 2.12. The molecule has 0 heterocycles. The number of nitrogens with one attached hydrogen (secondary N) is 1. The topological polar surface area (TPSA) is 35.8 Å². The second-order valence-electron chi connectivity index (χ2n) is 3.32. The van der Waals surface area contributed by atoms with Crippen molar-refractivity contribution in [2.75, 3.05) is 16.8 Å². The Balaban J connectivity index is 2.44. The Labute approximate surface area is 106 Å². The summed E-state index contributed by atoms with van der Waals surface area (Å²) >= 11 is 7.64. The third kappa shape index (κ3) is 4.78. The molecule has 0 amide bonds. The van der Waals surface area contributed by atoms with Crippen molar-refractivity contribution in [3.63, 3.8) is 0 Å². The predicted octanol–water partition coefficient (Wildman–Crippen LogP) is 3.79. The lowest BCUT2D eigenvalue weighted by Gasteiger charge is -2.12. The van der Waals surface area contributed by atoms with Crippen LogP contribution in [0.1, 0.15) is 13.3 Å². The molecule has 0 radical (unpaired) electrons. The highest BCUT2D eigenvalue weighted by Crippen LogP contribution is 2.15. The van der Waals surface area contributed by atoms with Gasteiger partial charge in [-0.15, -0.1) is 0 Å².